The van der Waals surface area contributed by atoms with Crippen LogP contribution in [0.5, 0.6) is 0 Å². The van der Waals surface area contributed by atoms with Crippen LogP contribution in [0, 0.1) is 11.3 Å². The van der Waals surface area contributed by atoms with Gasteiger partial charge in [-0.1, -0.05) is 20.8 Å². The number of hydrogen-bond acceptors (Lipinski definition) is 3. The van der Waals surface area contributed by atoms with Crippen molar-refractivity contribution in [3.05, 3.63) is 0 Å². The van der Waals surface area contributed by atoms with E-state index in [9.17, 15) is 4.79 Å². The molecule has 18 heavy (non-hydrogen) atoms. The van der Waals surface area contributed by atoms with Crippen LogP contribution in [0.15, 0.2) is 0 Å². The molecule has 0 bridgehead atoms. The van der Waals surface area contributed by atoms with Gasteiger partial charge in [0.2, 0.25) is 0 Å². The monoisotopic (exact) mass is 252 g/mol. The summed E-state index contributed by atoms with van der Waals surface area (Å²) in [5.74, 6) is 1.04. The normalized spacial score (nSPS) is 33.8. The number of ketones is 1. The van der Waals surface area contributed by atoms with E-state index < -0.39 is 0 Å². The molecular weight excluding hydrogens is 224 g/mol. The molecule has 3 heteroatoms. The summed E-state index contributed by atoms with van der Waals surface area (Å²) in [4.78, 5) is 15.2. The zero-order valence-corrected chi connectivity index (χ0v) is 12.7. The zero-order valence-electron chi connectivity index (χ0n) is 12.7. The lowest BCUT2D eigenvalue weighted by atomic mass is 9.82. The Bertz CT molecular complexity index is 337. The van der Waals surface area contributed by atoms with E-state index in [4.69, 9.17) is 0 Å². The number of nitrogens with one attached hydrogen (secondary N) is 1. The third-order valence-corrected chi connectivity index (χ3v) is 4.38. The second-order valence-corrected chi connectivity index (χ2v) is 7.91. The number of rotatable bonds is 1. The minimum Gasteiger partial charge on any atom is -0.312 e. The Labute approximate surface area is 111 Å². The van der Waals surface area contributed by atoms with E-state index in [1.54, 1.807) is 0 Å². The lowest BCUT2D eigenvalue weighted by Gasteiger charge is -2.40. The van der Waals surface area contributed by atoms with Gasteiger partial charge in [0.05, 0.1) is 6.04 Å². The highest BCUT2D eigenvalue weighted by Crippen LogP contribution is 2.38. The van der Waals surface area contributed by atoms with Crippen LogP contribution in [0.2, 0.25) is 0 Å². The molecule has 0 amide bonds. The SMILES string of the molecule is CC(C)(C)C(=O)C1C2NCCC2CN1C(C)(C)C. The summed E-state index contributed by atoms with van der Waals surface area (Å²) in [6, 6.07) is 0.424. The Balaban J connectivity index is 2.29. The zero-order chi connectivity index (χ0) is 13.7. The molecule has 0 saturated carbocycles. The van der Waals surface area contributed by atoms with Gasteiger partial charge < -0.3 is 5.32 Å². The van der Waals surface area contributed by atoms with Crippen molar-refractivity contribution < 1.29 is 4.79 Å². The second-order valence-electron chi connectivity index (χ2n) is 7.91. The number of likely N-dealkylation sites (tertiary alicyclic amines) is 1. The van der Waals surface area contributed by atoms with Crippen LogP contribution >= 0.6 is 0 Å². The predicted octanol–water partition coefficient (Wildman–Crippen LogP) is 2.06. The molecule has 2 fully saturated rings. The minimum absolute atomic E-state index is 0.0532. The van der Waals surface area contributed by atoms with Crippen molar-refractivity contribution in [2.75, 3.05) is 13.1 Å². The Morgan fingerprint density at radius 2 is 1.78 bits per heavy atom. The Kier molecular flexibility index (Phi) is 3.35. The average molecular weight is 252 g/mol. The number of nitrogens with zero attached hydrogens (tertiary/aromatic N) is 1. The fraction of sp³-hybridized carbons (Fsp3) is 0.933. The van der Waals surface area contributed by atoms with E-state index in [2.05, 4.69) is 31.0 Å². The number of fused-ring (bicyclic) bond motifs is 1. The first kappa shape index (κ1) is 14.0. The topological polar surface area (TPSA) is 32.3 Å². The van der Waals surface area contributed by atoms with Crippen molar-refractivity contribution >= 4 is 5.78 Å². The third kappa shape index (κ3) is 2.35. The standard InChI is InChI=1S/C15H28N2O/c1-14(2,3)13(18)12-11-10(7-8-16-11)9-17(12)15(4,5)6/h10-12,16H,7-9H2,1-6H3. The van der Waals surface area contributed by atoms with Gasteiger partial charge in [0, 0.05) is 23.5 Å². The Hall–Kier alpha value is -0.410. The van der Waals surface area contributed by atoms with E-state index in [-0.39, 0.29) is 17.0 Å². The molecule has 3 nitrogen and oxygen atoms in total. The fourth-order valence-corrected chi connectivity index (χ4v) is 3.36. The number of hydrogen-bond donors (Lipinski definition) is 1. The molecule has 2 saturated heterocycles. The molecule has 2 aliphatic rings. The quantitative estimate of drug-likeness (QED) is 0.775. The van der Waals surface area contributed by atoms with Gasteiger partial charge in [-0.15, -0.1) is 0 Å². The summed E-state index contributed by atoms with van der Waals surface area (Å²) in [5.41, 5.74) is -0.190. The van der Waals surface area contributed by atoms with E-state index >= 15 is 0 Å². The van der Waals surface area contributed by atoms with Gasteiger partial charge in [0.25, 0.3) is 0 Å². The van der Waals surface area contributed by atoms with Gasteiger partial charge in [-0.2, -0.15) is 0 Å². The maximum atomic E-state index is 12.8. The molecule has 0 radical (unpaired) electrons. The number of carbonyl (C=O) groups is 1. The van der Waals surface area contributed by atoms with Crippen LogP contribution in [0.25, 0.3) is 0 Å². The van der Waals surface area contributed by atoms with Crippen molar-refractivity contribution in [1.82, 2.24) is 10.2 Å². The Morgan fingerprint density at radius 1 is 1.17 bits per heavy atom. The number of carbonyl (C=O) groups excluding carboxylic acids is 1. The summed E-state index contributed by atoms with van der Waals surface area (Å²) < 4.78 is 0. The van der Waals surface area contributed by atoms with Gasteiger partial charge in [0.15, 0.2) is 5.78 Å². The van der Waals surface area contributed by atoms with Gasteiger partial charge in [-0.25, -0.2) is 0 Å². The van der Waals surface area contributed by atoms with Crippen LogP contribution in [0.1, 0.15) is 48.0 Å². The molecular formula is C15H28N2O. The molecule has 1 N–H and O–H groups in total. The highest BCUT2D eigenvalue weighted by atomic mass is 16.1. The summed E-state index contributed by atoms with van der Waals surface area (Å²) in [6.07, 6.45) is 1.21. The van der Waals surface area contributed by atoms with Crippen LogP contribution in [0.3, 0.4) is 0 Å². The lowest BCUT2D eigenvalue weighted by Crippen LogP contribution is -2.56. The van der Waals surface area contributed by atoms with Gasteiger partial charge >= 0.3 is 0 Å². The fourth-order valence-electron chi connectivity index (χ4n) is 3.36. The van der Waals surface area contributed by atoms with Crippen molar-refractivity contribution in [1.29, 1.82) is 0 Å². The molecule has 0 aromatic heterocycles. The lowest BCUT2D eigenvalue weighted by molar-refractivity contribution is -0.133. The molecule has 3 unspecified atom stereocenters. The highest BCUT2D eigenvalue weighted by Gasteiger charge is 2.52. The predicted molar refractivity (Wildman–Crippen MR) is 74.6 cm³/mol. The molecule has 0 aromatic rings. The maximum Gasteiger partial charge on any atom is 0.156 e. The summed E-state index contributed by atoms with van der Waals surface area (Å²) in [5, 5.41) is 3.56. The Morgan fingerprint density at radius 3 is 2.28 bits per heavy atom. The average Bonchev–Trinajstić information content (AvgIpc) is 2.71. The second kappa shape index (κ2) is 4.31. The van der Waals surface area contributed by atoms with Crippen LogP contribution in [-0.2, 0) is 4.79 Å². The molecule has 2 aliphatic heterocycles. The molecule has 104 valence electrons. The van der Waals surface area contributed by atoms with Crippen molar-refractivity contribution in [3.8, 4) is 0 Å². The first-order chi connectivity index (χ1) is 8.12. The van der Waals surface area contributed by atoms with E-state index in [1.807, 2.05) is 20.8 Å². The van der Waals surface area contributed by atoms with Crippen molar-refractivity contribution in [2.24, 2.45) is 11.3 Å². The van der Waals surface area contributed by atoms with Gasteiger partial charge in [-0.3, -0.25) is 9.69 Å². The maximum absolute atomic E-state index is 12.8. The molecule has 2 heterocycles. The van der Waals surface area contributed by atoms with Crippen molar-refractivity contribution in [2.45, 2.75) is 65.6 Å². The van der Waals surface area contributed by atoms with Crippen LogP contribution < -0.4 is 5.32 Å². The third-order valence-electron chi connectivity index (χ3n) is 4.38. The van der Waals surface area contributed by atoms with E-state index in [1.165, 1.54) is 6.42 Å². The molecule has 0 aliphatic carbocycles. The number of Topliss-reactive ketones (excluding diaryl/α,β-unsaturated/α-hetero) is 1. The summed E-state index contributed by atoms with van der Waals surface area (Å²) in [7, 11) is 0. The highest BCUT2D eigenvalue weighted by molar-refractivity contribution is 5.90. The first-order valence-corrected chi connectivity index (χ1v) is 7.17. The smallest absolute Gasteiger partial charge is 0.156 e. The largest absolute Gasteiger partial charge is 0.312 e. The molecule has 3 atom stereocenters. The minimum atomic E-state index is -0.257. The molecule has 0 spiro atoms. The van der Waals surface area contributed by atoms with Gasteiger partial charge in [0.1, 0.15) is 0 Å². The van der Waals surface area contributed by atoms with Crippen molar-refractivity contribution in [3.63, 3.8) is 0 Å². The van der Waals surface area contributed by atoms with Gasteiger partial charge in [-0.05, 0) is 39.7 Å². The van der Waals surface area contributed by atoms with Crippen LogP contribution in [0.4, 0.5) is 0 Å². The molecule has 0 aromatic carbocycles. The first-order valence-electron chi connectivity index (χ1n) is 7.17. The summed E-state index contributed by atoms with van der Waals surface area (Å²) in [6.45, 7) is 14.9. The summed E-state index contributed by atoms with van der Waals surface area (Å²) >= 11 is 0. The molecule has 2 rings (SSSR count). The van der Waals surface area contributed by atoms with Crippen LogP contribution in [-0.4, -0.2) is 41.4 Å². The van der Waals surface area contributed by atoms with E-state index in [0.29, 0.717) is 17.7 Å². The van der Waals surface area contributed by atoms with E-state index in [0.717, 1.165) is 13.1 Å².